The van der Waals surface area contributed by atoms with E-state index in [4.69, 9.17) is 0 Å². The van der Waals surface area contributed by atoms with Gasteiger partial charge in [0.25, 0.3) is 5.91 Å². The summed E-state index contributed by atoms with van der Waals surface area (Å²) in [5.41, 5.74) is 2.53. The second-order valence-electron chi connectivity index (χ2n) is 7.51. The molecule has 1 aromatic rings. The molecule has 2 fully saturated rings. The largest absolute Gasteiger partial charge is 0.330 e. The topological polar surface area (TPSA) is 86.4 Å². The average Bonchev–Trinajstić information content (AvgIpc) is 3.15. The molecule has 2 aliphatic heterocycles. The molecule has 7 nitrogen and oxygen atoms in total. The lowest BCUT2D eigenvalue weighted by Crippen LogP contribution is -2.60. The molecule has 0 radical (unpaired) electrons. The highest BCUT2D eigenvalue weighted by atomic mass is 32.2. The maximum absolute atomic E-state index is 13.0. The maximum Gasteiger partial charge on any atom is 0.274 e. The molecule has 0 unspecified atom stereocenters. The molecule has 3 heterocycles. The van der Waals surface area contributed by atoms with E-state index in [9.17, 15) is 13.2 Å². The predicted octanol–water partition coefficient (Wildman–Crippen LogP) is 1.25. The van der Waals surface area contributed by atoms with Crippen molar-refractivity contribution >= 4 is 15.7 Å². The van der Waals surface area contributed by atoms with E-state index in [1.165, 1.54) is 5.57 Å². The fourth-order valence-electron chi connectivity index (χ4n) is 3.82. The number of nitrogens with zero attached hydrogens (tertiary/aromatic N) is 3. The highest BCUT2D eigenvalue weighted by molar-refractivity contribution is 7.91. The standard InChI is InChI=1S/C18H28N4O3S/c1-4-5-14-10-15(20-19-14)18(23)22-9-8-21(7-6-13(2)3)16-11-26(24,25)12-17(16)22/h6,10,16-17H,4-5,7-9,11-12H2,1-3H3,(H,19,20)/t16-,17+/m0/s1. The summed E-state index contributed by atoms with van der Waals surface area (Å²) >= 11 is 0. The number of hydrogen-bond donors (Lipinski definition) is 1. The first-order valence-electron chi connectivity index (χ1n) is 9.24. The number of aryl methyl sites for hydroxylation is 1. The third-order valence-electron chi connectivity index (χ3n) is 5.16. The van der Waals surface area contributed by atoms with Gasteiger partial charge in [0.2, 0.25) is 0 Å². The van der Waals surface area contributed by atoms with Crippen LogP contribution in [0.4, 0.5) is 0 Å². The number of H-pyrrole nitrogens is 1. The lowest BCUT2D eigenvalue weighted by Gasteiger charge is -2.43. The fourth-order valence-corrected chi connectivity index (χ4v) is 5.83. The molecular formula is C18H28N4O3S. The molecule has 26 heavy (non-hydrogen) atoms. The van der Waals surface area contributed by atoms with Gasteiger partial charge in [-0.1, -0.05) is 25.0 Å². The van der Waals surface area contributed by atoms with Crippen LogP contribution >= 0.6 is 0 Å². The number of allylic oxidation sites excluding steroid dienone is 1. The number of aromatic nitrogens is 2. The van der Waals surface area contributed by atoms with Gasteiger partial charge in [-0.2, -0.15) is 5.10 Å². The number of aromatic amines is 1. The molecule has 144 valence electrons. The molecule has 2 saturated heterocycles. The number of sulfone groups is 1. The molecule has 1 N–H and O–H groups in total. The van der Waals surface area contributed by atoms with E-state index < -0.39 is 9.84 Å². The van der Waals surface area contributed by atoms with E-state index in [1.54, 1.807) is 11.0 Å². The van der Waals surface area contributed by atoms with E-state index in [1.807, 2.05) is 13.8 Å². The second-order valence-corrected chi connectivity index (χ2v) is 9.67. The summed E-state index contributed by atoms with van der Waals surface area (Å²) in [6.07, 6.45) is 3.93. The molecular weight excluding hydrogens is 352 g/mol. The molecule has 0 aromatic carbocycles. The van der Waals surface area contributed by atoms with E-state index in [0.717, 1.165) is 25.1 Å². The van der Waals surface area contributed by atoms with E-state index in [2.05, 4.69) is 28.1 Å². The smallest absolute Gasteiger partial charge is 0.274 e. The van der Waals surface area contributed by atoms with Gasteiger partial charge in [-0.15, -0.1) is 0 Å². The molecule has 1 amide bonds. The molecule has 0 bridgehead atoms. The monoisotopic (exact) mass is 380 g/mol. The summed E-state index contributed by atoms with van der Waals surface area (Å²) in [4.78, 5) is 16.9. The Morgan fingerprint density at radius 2 is 2.04 bits per heavy atom. The summed E-state index contributed by atoms with van der Waals surface area (Å²) in [6, 6.07) is 1.36. The fraction of sp³-hybridized carbons (Fsp3) is 0.667. The summed E-state index contributed by atoms with van der Waals surface area (Å²) in [5.74, 6) is -0.00159. The van der Waals surface area contributed by atoms with Crippen LogP contribution in [0.15, 0.2) is 17.7 Å². The third kappa shape index (κ3) is 4.01. The number of carbonyl (C=O) groups excluding carboxylic acids is 1. The van der Waals surface area contributed by atoms with E-state index >= 15 is 0 Å². The van der Waals surface area contributed by atoms with Crippen molar-refractivity contribution in [3.63, 3.8) is 0 Å². The SMILES string of the molecule is CCCc1cc(C(=O)N2CCN(CC=C(C)C)[C@H]3CS(=O)(=O)C[C@H]32)n[nH]1. The number of rotatable bonds is 5. The van der Waals surface area contributed by atoms with Crippen molar-refractivity contribution in [3.05, 3.63) is 29.1 Å². The zero-order valence-corrected chi connectivity index (χ0v) is 16.6. The van der Waals surface area contributed by atoms with Gasteiger partial charge in [-0.3, -0.25) is 14.8 Å². The van der Waals surface area contributed by atoms with Crippen molar-refractivity contribution in [3.8, 4) is 0 Å². The third-order valence-corrected chi connectivity index (χ3v) is 6.85. The van der Waals surface area contributed by atoms with Crippen LogP contribution in [-0.4, -0.2) is 77.5 Å². The number of nitrogens with one attached hydrogen (secondary N) is 1. The van der Waals surface area contributed by atoms with Crippen LogP contribution in [0.5, 0.6) is 0 Å². The number of hydrogen-bond acceptors (Lipinski definition) is 5. The zero-order chi connectivity index (χ0) is 18.9. The first-order valence-corrected chi connectivity index (χ1v) is 11.1. The summed E-state index contributed by atoms with van der Waals surface area (Å²) in [7, 11) is -3.14. The first-order chi connectivity index (χ1) is 12.3. The molecule has 1 aromatic heterocycles. The lowest BCUT2D eigenvalue weighted by atomic mass is 10.0. The van der Waals surface area contributed by atoms with Gasteiger partial charge >= 0.3 is 0 Å². The normalized spacial score (nSPS) is 25.1. The number of carbonyl (C=O) groups is 1. The van der Waals surface area contributed by atoms with Crippen molar-refractivity contribution in [1.82, 2.24) is 20.0 Å². The van der Waals surface area contributed by atoms with Crippen LogP contribution in [0, 0.1) is 0 Å². The molecule has 0 aliphatic carbocycles. The van der Waals surface area contributed by atoms with Crippen LogP contribution in [0.2, 0.25) is 0 Å². The van der Waals surface area contributed by atoms with Crippen LogP contribution < -0.4 is 0 Å². The number of piperazine rings is 1. The van der Waals surface area contributed by atoms with Crippen molar-refractivity contribution < 1.29 is 13.2 Å². The minimum absolute atomic E-state index is 0.0426. The highest BCUT2D eigenvalue weighted by Crippen LogP contribution is 2.28. The van der Waals surface area contributed by atoms with Crippen molar-refractivity contribution in [2.75, 3.05) is 31.1 Å². The Hall–Kier alpha value is -1.67. The lowest BCUT2D eigenvalue weighted by molar-refractivity contribution is 0.0363. The maximum atomic E-state index is 13.0. The van der Waals surface area contributed by atoms with E-state index in [-0.39, 0.29) is 29.5 Å². The van der Waals surface area contributed by atoms with Gasteiger partial charge in [-0.05, 0) is 26.3 Å². The quantitative estimate of drug-likeness (QED) is 0.777. The molecule has 8 heteroatoms. The summed E-state index contributed by atoms with van der Waals surface area (Å²) in [5, 5.41) is 7.06. The van der Waals surface area contributed by atoms with Gasteiger partial charge in [0.1, 0.15) is 5.69 Å². The first kappa shape index (κ1) is 19.1. The van der Waals surface area contributed by atoms with Crippen LogP contribution in [0.3, 0.4) is 0 Å². The highest BCUT2D eigenvalue weighted by Gasteiger charge is 2.48. The Morgan fingerprint density at radius 1 is 1.31 bits per heavy atom. The zero-order valence-electron chi connectivity index (χ0n) is 15.7. The van der Waals surface area contributed by atoms with Crippen molar-refractivity contribution in [2.45, 2.75) is 45.7 Å². The van der Waals surface area contributed by atoms with Crippen LogP contribution in [0.25, 0.3) is 0 Å². The molecule has 0 saturated carbocycles. The van der Waals surface area contributed by atoms with Crippen molar-refractivity contribution in [2.24, 2.45) is 0 Å². The Balaban J connectivity index is 1.80. The number of amides is 1. The Bertz CT molecular complexity index is 795. The Labute approximate surface area is 155 Å². The van der Waals surface area contributed by atoms with Gasteiger partial charge in [0, 0.05) is 31.4 Å². The van der Waals surface area contributed by atoms with Gasteiger partial charge in [0.15, 0.2) is 9.84 Å². The minimum atomic E-state index is -3.14. The van der Waals surface area contributed by atoms with Gasteiger partial charge < -0.3 is 4.90 Å². The molecule has 2 atom stereocenters. The van der Waals surface area contributed by atoms with E-state index in [0.29, 0.717) is 18.8 Å². The van der Waals surface area contributed by atoms with Crippen molar-refractivity contribution in [1.29, 1.82) is 0 Å². The predicted molar refractivity (Wildman–Crippen MR) is 101 cm³/mol. The van der Waals surface area contributed by atoms with Crippen LogP contribution in [-0.2, 0) is 16.3 Å². The Morgan fingerprint density at radius 3 is 2.73 bits per heavy atom. The summed E-state index contributed by atoms with van der Waals surface area (Å²) < 4.78 is 24.5. The number of fused-ring (bicyclic) bond motifs is 1. The summed E-state index contributed by atoms with van der Waals surface area (Å²) in [6.45, 7) is 8.08. The Kier molecular flexibility index (Phi) is 5.53. The van der Waals surface area contributed by atoms with Gasteiger partial charge in [0.05, 0.1) is 17.5 Å². The average molecular weight is 381 g/mol. The molecule has 0 spiro atoms. The van der Waals surface area contributed by atoms with Crippen LogP contribution in [0.1, 0.15) is 43.4 Å². The molecule has 3 rings (SSSR count). The minimum Gasteiger partial charge on any atom is -0.330 e. The van der Waals surface area contributed by atoms with Gasteiger partial charge in [-0.25, -0.2) is 8.42 Å². The molecule has 2 aliphatic rings. The second kappa shape index (κ2) is 7.52.